The number of anilines is 4. The van der Waals surface area contributed by atoms with Gasteiger partial charge in [-0.25, -0.2) is 9.78 Å². The number of morpholine rings is 1. The van der Waals surface area contributed by atoms with Gasteiger partial charge in [-0.15, -0.1) is 0 Å². The fourth-order valence-corrected chi connectivity index (χ4v) is 2.76. The van der Waals surface area contributed by atoms with Crippen LogP contribution in [0.3, 0.4) is 0 Å². The molecule has 2 heterocycles. The molecule has 1 saturated heterocycles. The Morgan fingerprint density at radius 3 is 2.56 bits per heavy atom. The van der Waals surface area contributed by atoms with E-state index in [0.29, 0.717) is 5.82 Å². The minimum absolute atomic E-state index is 0.441. The number of ether oxygens (including phenoxy) is 2. The van der Waals surface area contributed by atoms with Gasteiger partial charge in [-0.3, -0.25) is 5.32 Å². The van der Waals surface area contributed by atoms with Gasteiger partial charge in [0.2, 0.25) is 0 Å². The van der Waals surface area contributed by atoms with Gasteiger partial charge in [-0.05, 0) is 45.0 Å². The highest BCUT2D eigenvalue weighted by atomic mass is 16.6. The molecule has 27 heavy (non-hydrogen) atoms. The molecule has 1 aliphatic rings. The first-order valence-corrected chi connectivity index (χ1v) is 9.05. The summed E-state index contributed by atoms with van der Waals surface area (Å²) in [5, 5.41) is 6.03. The van der Waals surface area contributed by atoms with Crippen LogP contribution in [0.15, 0.2) is 42.6 Å². The van der Waals surface area contributed by atoms with Crippen molar-refractivity contribution >= 4 is 29.0 Å². The van der Waals surface area contributed by atoms with Crippen molar-refractivity contribution in [2.75, 3.05) is 41.8 Å². The van der Waals surface area contributed by atoms with Gasteiger partial charge in [-0.1, -0.05) is 12.1 Å². The maximum absolute atomic E-state index is 11.8. The van der Waals surface area contributed by atoms with E-state index in [1.54, 1.807) is 12.3 Å². The first kappa shape index (κ1) is 19.0. The zero-order chi connectivity index (χ0) is 19.3. The van der Waals surface area contributed by atoms with Crippen LogP contribution in [-0.4, -0.2) is 43.0 Å². The van der Waals surface area contributed by atoms with E-state index < -0.39 is 11.7 Å². The lowest BCUT2D eigenvalue weighted by atomic mass is 10.2. The Morgan fingerprint density at radius 2 is 1.89 bits per heavy atom. The highest BCUT2D eigenvalue weighted by Crippen LogP contribution is 2.29. The third-order valence-electron chi connectivity index (χ3n) is 3.93. The first-order valence-electron chi connectivity index (χ1n) is 9.05. The molecule has 2 aromatic rings. The number of nitrogens with zero attached hydrogens (tertiary/aromatic N) is 2. The summed E-state index contributed by atoms with van der Waals surface area (Å²) in [5.74, 6) is 0.441. The number of nitrogens with one attached hydrogen (secondary N) is 2. The summed E-state index contributed by atoms with van der Waals surface area (Å²) in [6.45, 7) is 8.67. The van der Waals surface area contributed by atoms with Gasteiger partial charge in [0.05, 0.1) is 36.5 Å². The van der Waals surface area contributed by atoms with Crippen LogP contribution in [0, 0.1) is 0 Å². The number of carbonyl (C=O) groups excluding carboxylic acids is 1. The number of pyridine rings is 1. The van der Waals surface area contributed by atoms with Gasteiger partial charge in [-0.2, -0.15) is 0 Å². The monoisotopic (exact) mass is 370 g/mol. The Kier molecular flexibility index (Phi) is 5.81. The number of amides is 1. The average molecular weight is 370 g/mol. The van der Waals surface area contributed by atoms with Crippen molar-refractivity contribution in [1.29, 1.82) is 0 Å². The molecule has 7 heteroatoms. The maximum atomic E-state index is 11.8. The number of hydrogen-bond acceptors (Lipinski definition) is 6. The van der Waals surface area contributed by atoms with Crippen LogP contribution in [0.4, 0.5) is 27.7 Å². The van der Waals surface area contributed by atoms with Crippen molar-refractivity contribution in [2.24, 2.45) is 0 Å². The minimum atomic E-state index is -0.547. The summed E-state index contributed by atoms with van der Waals surface area (Å²) in [6.07, 6.45) is 1.16. The molecular weight excluding hydrogens is 344 g/mol. The summed E-state index contributed by atoms with van der Waals surface area (Å²) in [5.41, 5.74) is 2.44. The van der Waals surface area contributed by atoms with Crippen LogP contribution in [0.5, 0.6) is 0 Å². The van der Waals surface area contributed by atoms with E-state index in [-0.39, 0.29) is 0 Å². The SMILES string of the molecule is CC(C)(C)OC(=O)Nc1ccc(Nc2ccccc2N2CCOCC2)cn1. The van der Waals surface area contributed by atoms with Crippen molar-refractivity contribution in [3.05, 3.63) is 42.6 Å². The molecule has 0 bridgehead atoms. The number of rotatable bonds is 4. The van der Waals surface area contributed by atoms with Crippen LogP contribution in [0.2, 0.25) is 0 Å². The van der Waals surface area contributed by atoms with Crippen LogP contribution >= 0.6 is 0 Å². The third-order valence-corrected chi connectivity index (χ3v) is 3.93. The van der Waals surface area contributed by atoms with E-state index in [1.807, 2.05) is 45.0 Å². The molecule has 1 aromatic carbocycles. The van der Waals surface area contributed by atoms with Crippen LogP contribution in [-0.2, 0) is 9.47 Å². The Bertz CT molecular complexity index is 766. The van der Waals surface area contributed by atoms with Crippen molar-refractivity contribution in [2.45, 2.75) is 26.4 Å². The average Bonchev–Trinajstić information content (AvgIpc) is 2.63. The van der Waals surface area contributed by atoms with Crippen molar-refractivity contribution in [1.82, 2.24) is 4.98 Å². The number of carbonyl (C=O) groups is 1. The van der Waals surface area contributed by atoms with Crippen molar-refractivity contribution in [3.8, 4) is 0 Å². The molecule has 0 unspecified atom stereocenters. The van der Waals surface area contributed by atoms with Gasteiger partial charge < -0.3 is 19.7 Å². The molecule has 1 aliphatic heterocycles. The second kappa shape index (κ2) is 8.26. The molecule has 0 radical (unpaired) electrons. The summed E-state index contributed by atoms with van der Waals surface area (Å²) in [4.78, 5) is 18.4. The highest BCUT2D eigenvalue weighted by Gasteiger charge is 2.17. The molecule has 3 rings (SSSR count). The summed E-state index contributed by atoms with van der Waals surface area (Å²) in [7, 11) is 0. The number of hydrogen-bond donors (Lipinski definition) is 2. The van der Waals surface area contributed by atoms with Crippen LogP contribution in [0.1, 0.15) is 20.8 Å². The molecule has 1 amide bonds. The maximum Gasteiger partial charge on any atom is 0.413 e. The lowest BCUT2D eigenvalue weighted by Gasteiger charge is -2.30. The molecule has 144 valence electrons. The zero-order valence-electron chi connectivity index (χ0n) is 16.0. The zero-order valence-corrected chi connectivity index (χ0v) is 16.0. The molecule has 1 fully saturated rings. The number of para-hydroxylation sites is 2. The Morgan fingerprint density at radius 1 is 1.15 bits per heavy atom. The van der Waals surface area contributed by atoms with Crippen molar-refractivity contribution < 1.29 is 14.3 Å². The minimum Gasteiger partial charge on any atom is -0.444 e. The summed E-state index contributed by atoms with van der Waals surface area (Å²) < 4.78 is 10.7. The van der Waals surface area contributed by atoms with Crippen LogP contribution in [0.25, 0.3) is 0 Å². The molecule has 2 N–H and O–H groups in total. The topological polar surface area (TPSA) is 75.7 Å². The number of benzene rings is 1. The van der Waals surface area contributed by atoms with E-state index in [1.165, 1.54) is 0 Å². The lowest BCUT2D eigenvalue weighted by Crippen LogP contribution is -2.36. The Labute approximate surface area is 159 Å². The molecule has 0 spiro atoms. The van der Waals surface area contributed by atoms with E-state index in [9.17, 15) is 4.79 Å². The Balaban J connectivity index is 1.66. The van der Waals surface area contributed by atoms with E-state index in [0.717, 1.165) is 43.4 Å². The van der Waals surface area contributed by atoms with Crippen LogP contribution < -0.4 is 15.5 Å². The second-order valence-electron chi connectivity index (χ2n) is 7.30. The molecule has 0 aliphatic carbocycles. The third kappa shape index (κ3) is 5.59. The predicted molar refractivity (Wildman–Crippen MR) is 107 cm³/mol. The summed E-state index contributed by atoms with van der Waals surface area (Å²) >= 11 is 0. The fraction of sp³-hybridized carbons (Fsp3) is 0.400. The predicted octanol–water partition coefficient (Wildman–Crippen LogP) is 4.01. The van der Waals surface area contributed by atoms with E-state index >= 15 is 0 Å². The smallest absolute Gasteiger partial charge is 0.413 e. The normalized spacial score (nSPS) is 14.6. The molecule has 1 aromatic heterocycles. The molecule has 0 atom stereocenters. The fourth-order valence-electron chi connectivity index (χ4n) is 2.76. The van der Waals surface area contributed by atoms with Crippen molar-refractivity contribution in [3.63, 3.8) is 0 Å². The van der Waals surface area contributed by atoms with E-state index in [2.05, 4.69) is 26.6 Å². The Hall–Kier alpha value is -2.80. The van der Waals surface area contributed by atoms with Gasteiger partial charge in [0.25, 0.3) is 0 Å². The standard InChI is InChI=1S/C20H26N4O3/c1-20(2,3)27-19(25)23-18-9-8-15(14-21-18)22-16-6-4-5-7-17(16)24-10-12-26-13-11-24/h4-9,14,22H,10-13H2,1-3H3,(H,21,23,25). The van der Waals surface area contributed by atoms with E-state index in [4.69, 9.17) is 9.47 Å². The highest BCUT2D eigenvalue weighted by molar-refractivity contribution is 5.84. The van der Waals surface area contributed by atoms with Gasteiger partial charge in [0, 0.05) is 13.1 Å². The molecule has 0 saturated carbocycles. The molecule has 7 nitrogen and oxygen atoms in total. The first-order chi connectivity index (χ1) is 12.9. The quantitative estimate of drug-likeness (QED) is 0.847. The molecular formula is C20H26N4O3. The second-order valence-corrected chi connectivity index (χ2v) is 7.30. The van der Waals surface area contributed by atoms with Gasteiger partial charge in [0.15, 0.2) is 0 Å². The lowest BCUT2D eigenvalue weighted by molar-refractivity contribution is 0.0635. The van der Waals surface area contributed by atoms with Gasteiger partial charge in [0.1, 0.15) is 11.4 Å². The largest absolute Gasteiger partial charge is 0.444 e. The van der Waals surface area contributed by atoms with Gasteiger partial charge >= 0.3 is 6.09 Å². The number of aromatic nitrogens is 1. The summed E-state index contributed by atoms with van der Waals surface area (Å²) in [6, 6.07) is 11.8.